The van der Waals surface area contributed by atoms with Crippen LogP contribution in [0.25, 0.3) is 0 Å². The number of hydrogen-bond donors (Lipinski definition) is 1. The molecule has 9 nitrogen and oxygen atoms in total. The summed E-state index contributed by atoms with van der Waals surface area (Å²) in [5.41, 5.74) is 1.03. The fourth-order valence-electron chi connectivity index (χ4n) is 2.77. The highest BCUT2D eigenvalue weighted by Crippen LogP contribution is 2.15. The van der Waals surface area contributed by atoms with Crippen molar-refractivity contribution in [2.75, 3.05) is 7.05 Å². The van der Waals surface area contributed by atoms with E-state index in [-0.39, 0.29) is 18.5 Å². The van der Waals surface area contributed by atoms with Gasteiger partial charge in [-0.15, -0.1) is 5.10 Å². The number of nitrogens with one attached hydrogen (secondary N) is 1. The number of nitrogens with zero attached hydrogens (tertiary/aromatic N) is 7. The molecule has 0 radical (unpaired) electrons. The third-order valence-corrected chi connectivity index (χ3v) is 4.66. The molecule has 0 fully saturated rings. The van der Waals surface area contributed by atoms with Crippen molar-refractivity contribution in [1.82, 2.24) is 40.0 Å². The number of tetrazole rings is 1. The molecule has 0 spiro atoms. The zero-order valence-corrected chi connectivity index (χ0v) is 16.4. The molecule has 28 heavy (non-hydrogen) atoms. The van der Waals surface area contributed by atoms with Gasteiger partial charge in [-0.1, -0.05) is 30.3 Å². The van der Waals surface area contributed by atoms with Crippen molar-refractivity contribution in [3.63, 3.8) is 0 Å². The topological polar surface area (TPSA) is 93.8 Å². The third kappa shape index (κ3) is 5.23. The minimum Gasteiger partial charge on any atom is -0.346 e. The summed E-state index contributed by atoms with van der Waals surface area (Å²) in [6.45, 7) is 5.44. The molecule has 0 bridgehead atoms. The first-order chi connectivity index (χ1) is 13.5. The van der Waals surface area contributed by atoms with Crippen LogP contribution in [-0.2, 0) is 24.4 Å². The second-order valence-electron chi connectivity index (χ2n) is 7.05. The minimum absolute atomic E-state index is 0.0710. The summed E-state index contributed by atoms with van der Waals surface area (Å²) in [6, 6.07) is 10.1. The molecule has 0 aliphatic rings. The van der Waals surface area contributed by atoms with E-state index in [1.807, 2.05) is 48.1 Å². The highest BCUT2D eigenvalue weighted by molar-refractivity contribution is 5.76. The van der Waals surface area contributed by atoms with Gasteiger partial charge in [-0.3, -0.25) is 9.69 Å². The predicted octanol–water partition coefficient (Wildman–Crippen LogP) is 1.27. The highest BCUT2D eigenvalue weighted by Gasteiger charge is 2.18. The quantitative estimate of drug-likeness (QED) is 0.599. The number of carbonyl (C=O) groups is 1. The summed E-state index contributed by atoms with van der Waals surface area (Å²) >= 11 is 0. The van der Waals surface area contributed by atoms with Crippen LogP contribution in [0, 0.1) is 0 Å². The highest BCUT2D eigenvalue weighted by atomic mass is 16.2. The summed E-state index contributed by atoms with van der Waals surface area (Å²) in [4.78, 5) is 18.9. The number of imidazole rings is 1. The molecule has 0 saturated heterocycles. The number of benzene rings is 1. The molecule has 1 atom stereocenters. The van der Waals surface area contributed by atoms with Gasteiger partial charge < -0.3 is 9.88 Å². The van der Waals surface area contributed by atoms with E-state index < -0.39 is 0 Å². The number of rotatable bonds is 9. The van der Waals surface area contributed by atoms with E-state index in [1.165, 1.54) is 0 Å². The normalized spacial score (nSPS) is 12.5. The lowest BCUT2D eigenvalue weighted by Gasteiger charge is -2.21. The van der Waals surface area contributed by atoms with Gasteiger partial charge in [0.2, 0.25) is 5.91 Å². The Kier molecular flexibility index (Phi) is 6.49. The first-order valence-electron chi connectivity index (χ1n) is 9.28. The van der Waals surface area contributed by atoms with E-state index in [1.54, 1.807) is 17.2 Å². The van der Waals surface area contributed by atoms with Crippen molar-refractivity contribution >= 4 is 5.91 Å². The van der Waals surface area contributed by atoms with Gasteiger partial charge in [-0.2, -0.15) is 0 Å². The minimum atomic E-state index is -0.179. The van der Waals surface area contributed by atoms with Crippen molar-refractivity contribution in [2.24, 2.45) is 0 Å². The molecule has 0 saturated carbocycles. The standard InChI is InChI=1S/C19H26N8O/c1-15(2)25(3)12-18-22-23-24-27(18)13-19(28)21-17(11-26-10-9-20-14-26)16-7-5-4-6-8-16/h4-10,14-15,17H,11-13H2,1-3H3,(H,21,28). The van der Waals surface area contributed by atoms with Crippen molar-refractivity contribution in [3.8, 4) is 0 Å². The second kappa shape index (κ2) is 9.23. The van der Waals surface area contributed by atoms with Crippen LogP contribution in [0.15, 0.2) is 49.1 Å². The molecule has 148 valence electrons. The fraction of sp³-hybridized carbons (Fsp3) is 0.421. The predicted molar refractivity (Wildman–Crippen MR) is 104 cm³/mol. The number of aromatic nitrogens is 6. The van der Waals surface area contributed by atoms with E-state index in [2.05, 4.69) is 44.6 Å². The van der Waals surface area contributed by atoms with E-state index in [0.29, 0.717) is 25.0 Å². The molecule has 2 aromatic heterocycles. The molecule has 3 rings (SSSR count). The molecule has 3 aromatic rings. The van der Waals surface area contributed by atoms with Gasteiger partial charge in [0.05, 0.1) is 18.9 Å². The monoisotopic (exact) mass is 382 g/mol. The molecule has 9 heteroatoms. The lowest BCUT2D eigenvalue weighted by Crippen LogP contribution is -2.35. The smallest absolute Gasteiger partial charge is 0.242 e. The Morgan fingerprint density at radius 2 is 2.04 bits per heavy atom. The van der Waals surface area contributed by atoms with Gasteiger partial charge in [-0.25, -0.2) is 9.67 Å². The number of amides is 1. The average molecular weight is 382 g/mol. The second-order valence-corrected chi connectivity index (χ2v) is 7.05. The van der Waals surface area contributed by atoms with Crippen LogP contribution in [0.1, 0.15) is 31.3 Å². The van der Waals surface area contributed by atoms with E-state index in [0.717, 1.165) is 5.56 Å². The third-order valence-electron chi connectivity index (χ3n) is 4.66. The van der Waals surface area contributed by atoms with Gasteiger partial charge in [0.15, 0.2) is 5.82 Å². The molecule has 1 amide bonds. The number of hydrogen-bond acceptors (Lipinski definition) is 6. The largest absolute Gasteiger partial charge is 0.346 e. The number of carbonyl (C=O) groups excluding carboxylic acids is 1. The SMILES string of the molecule is CC(C)N(C)Cc1nnnn1CC(=O)NC(Cn1ccnc1)c1ccccc1. The van der Waals surface area contributed by atoms with Gasteiger partial charge in [0, 0.05) is 25.0 Å². The van der Waals surface area contributed by atoms with Crippen LogP contribution in [-0.4, -0.2) is 53.7 Å². The van der Waals surface area contributed by atoms with Crippen molar-refractivity contribution in [1.29, 1.82) is 0 Å². The van der Waals surface area contributed by atoms with Gasteiger partial charge in [-0.05, 0) is 36.9 Å². The van der Waals surface area contributed by atoms with Crippen LogP contribution in [0.3, 0.4) is 0 Å². The molecule has 1 unspecified atom stereocenters. The Balaban J connectivity index is 1.68. The van der Waals surface area contributed by atoms with E-state index in [9.17, 15) is 4.79 Å². The molecule has 2 heterocycles. The summed E-state index contributed by atoms with van der Waals surface area (Å²) in [6.07, 6.45) is 5.34. The first-order valence-corrected chi connectivity index (χ1v) is 9.28. The van der Waals surface area contributed by atoms with Crippen LogP contribution >= 0.6 is 0 Å². The Hall–Kier alpha value is -3.07. The Labute approximate surface area is 164 Å². The Morgan fingerprint density at radius 3 is 2.71 bits per heavy atom. The maximum atomic E-state index is 12.7. The summed E-state index contributed by atoms with van der Waals surface area (Å²) in [5, 5.41) is 14.9. The van der Waals surface area contributed by atoms with E-state index in [4.69, 9.17) is 0 Å². The zero-order valence-electron chi connectivity index (χ0n) is 16.4. The molecule has 0 aliphatic carbocycles. The summed E-state index contributed by atoms with van der Waals surface area (Å²) in [5.74, 6) is 0.520. The Bertz CT molecular complexity index is 859. The van der Waals surface area contributed by atoms with Gasteiger partial charge in [0.25, 0.3) is 0 Å². The van der Waals surface area contributed by atoms with Crippen molar-refractivity contribution < 1.29 is 4.79 Å². The van der Waals surface area contributed by atoms with Gasteiger partial charge in [0.1, 0.15) is 6.54 Å². The molecular weight excluding hydrogens is 356 g/mol. The molecule has 1 aromatic carbocycles. The molecular formula is C19H26N8O. The average Bonchev–Trinajstić information content (AvgIpc) is 3.34. The van der Waals surface area contributed by atoms with Crippen LogP contribution in [0.2, 0.25) is 0 Å². The summed E-state index contributed by atoms with van der Waals surface area (Å²) in [7, 11) is 2.00. The van der Waals surface area contributed by atoms with Crippen molar-refractivity contribution in [2.45, 2.75) is 45.6 Å². The molecule has 1 N–H and O–H groups in total. The van der Waals surface area contributed by atoms with Crippen LogP contribution < -0.4 is 5.32 Å². The van der Waals surface area contributed by atoms with Crippen LogP contribution in [0.5, 0.6) is 0 Å². The lowest BCUT2D eigenvalue weighted by atomic mass is 10.1. The summed E-state index contributed by atoms with van der Waals surface area (Å²) < 4.78 is 3.49. The fourth-order valence-corrected chi connectivity index (χ4v) is 2.77. The maximum absolute atomic E-state index is 12.7. The zero-order chi connectivity index (χ0) is 19.9. The maximum Gasteiger partial charge on any atom is 0.242 e. The Morgan fingerprint density at radius 1 is 1.25 bits per heavy atom. The van der Waals surface area contributed by atoms with Gasteiger partial charge >= 0.3 is 0 Å². The van der Waals surface area contributed by atoms with Crippen molar-refractivity contribution in [3.05, 3.63) is 60.4 Å². The van der Waals surface area contributed by atoms with E-state index >= 15 is 0 Å². The molecule has 0 aliphatic heterocycles. The lowest BCUT2D eigenvalue weighted by molar-refractivity contribution is -0.122. The first kappa shape index (κ1) is 19.7. The van der Waals surface area contributed by atoms with Crippen LogP contribution in [0.4, 0.5) is 0 Å².